The van der Waals surface area contributed by atoms with Crippen LogP contribution in [-0.4, -0.2) is 35.4 Å². The molecule has 0 aromatic heterocycles. The molecule has 1 unspecified atom stereocenters. The lowest BCUT2D eigenvalue weighted by Gasteiger charge is -2.19. The molecule has 0 saturated carbocycles. The van der Waals surface area contributed by atoms with Gasteiger partial charge in [-0.3, -0.25) is 0 Å². The minimum absolute atomic E-state index is 0.214. The number of thioether (sulfide) groups is 1. The van der Waals surface area contributed by atoms with E-state index in [1.165, 1.54) is 12.1 Å². The van der Waals surface area contributed by atoms with E-state index >= 15 is 0 Å². The molecule has 0 aliphatic carbocycles. The molecule has 0 radical (unpaired) electrons. The average Bonchev–Trinajstić information content (AvgIpc) is 2.59. The van der Waals surface area contributed by atoms with Crippen LogP contribution < -0.4 is 10.1 Å². The maximum atomic E-state index is 13.3. The smallest absolute Gasteiger partial charge is 0.126 e. The van der Waals surface area contributed by atoms with Gasteiger partial charge in [0, 0.05) is 35.7 Å². The van der Waals surface area contributed by atoms with Crippen molar-refractivity contribution < 1.29 is 14.2 Å². The third kappa shape index (κ3) is 5.49. The third-order valence-electron chi connectivity index (χ3n) is 3.34. The highest BCUT2D eigenvalue weighted by molar-refractivity contribution is 7.99. The number of hydrogen-bond donors (Lipinski definition) is 2. The number of fused-ring (bicyclic) bond motifs is 1. The van der Waals surface area contributed by atoms with E-state index in [1.54, 1.807) is 11.8 Å². The Morgan fingerprint density at radius 1 is 1.48 bits per heavy atom. The molecule has 1 atom stereocenters. The van der Waals surface area contributed by atoms with E-state index in [9.17, 15) is 9.50 Å². The molecule has 5 heteroatoms. The van der Waals surface area contributed by atoms with Gasteiger partial charge in [-0.25, -0.2) is 4.39 Å². The maximum Gasteiger partial charge on any atom is 0.126 e. The first kappa shape index (κ1) is 16.6. The Bertz CT molecular complexity index is 462. The summed E-state index contributed by atoms with van der Waals surface area (Å²) in [5.41, 5.74) is 0.423. The van der Waals surface area contributed by atoms with Crippen LogP contribution in [0, 0.1) is 5.82 Å². The molecule has 1 aromatic carbocycles. The van der Waals surface area contributed by atoms with E-state index in [-0.39, 0.29) is 11.9 Å². The normalized spacial score (nSPS) is 18.8. The Hall–Kier alpha value is -0.780. The van der Waals surface area contributed by atoms with Crippen LogP contribution in [-0.2, 0) is 0 Å². The maximum absolute atomic E-state index is 13.3. The minimum atomic E-state index is -0.620. The van der Waals surface area contributed by atoms with Gasteiger partial charge >= 0.3 is 0 Å². The molecule has 1 heterocycles. The molecule has 1 aromatic rings. The van der Waals surface area contributed by atoms with E-state index in [2.05, 4.69) is 5.32 Å². The topological polar surface area (TPSA) is 41.5 Å². The molecule has 1 aliphatic heterocycles. The van der Waals surface area contributed by atoms with Crippen LogP contribution in [0.1, 0.15) is 38.3 Å². The van der Waals surface area contributed by atoms with Gasteiger partial charge in [0.25, 0.3) is 0 Å². The number of halogens is 1. The van der Waals surface area contributed by atoms with Crippen molar-refractivity contribution >= 4 is 11.8 Å². The number of aliphatic hydroxyl groups is 1. The van der Waals surface area contributed by atoms with Gasteiger partial charge in [0.15, 0.2) is 0 Å². The summed E-state index contributed by atoms with van der Waals surface area (Å²) in [6.45, 7) is 5.14. The van der Waals surface area contributed by atoms with Crippen molar-refractivity contribution in [3.63, 3.8) is 0 Å². The van der Waals surface area contributed by atoms with E-state index in [4.69, 9.17) is 4.74 Å². The van der Waals surface area contributed by atoms with Gasteiger partial charge < -0.3 is 15.2 Å². The van der Waals surface area contributed by atoms with Crippen LogP contribution in [0.25, 0.3) is 0 Å². The summed E-state index contributed by atoms with van der Waals surface area (Å²) in [4.78, 5) is 0. The molecule has 0 saturated heterocycles. The van der Waals surface area contributed by atoms with Gasteiger partial charge in [-0.15, -0.1) is 0 Å². The van der Waals surface area contributed by atoms with Crippen molar-refractivity contribution in [1.82, 2.24) is 5.32 Å². The van der Waals surface area contributed by atoms with Gasteiger partial charge in [-0.2, -0.15) is 11.8 Å². The standard InChI is InChI=1S/C16H24FNO2S/c1-16(2,19)11-21-9-7-18-14-4-3-8-20-15-10-12(17)5-6-13(14)15/h5-6,10,14,18-19H,3-4,7-9,11H2,1-2H3. The fourth-order valence-electron chi connectivity index (χ4n) is 2.39. The Balaban J connectivity index is 1.86. The SMILES string of the molecule is CC(C)(O)CSCCNC1CCCOc2cc(F)ccc21. The zero-order valence-electron chi connectivity index (χ0n) is 12.7. The van der Waals surface area contributed by atoms with E-state index in [0.29, 0.717) is 12.4 Å². The van der Waals surface area contributed by atoms with E-state index in [0.717, 1.165) is 36.5 Å². The van der Waals surface area contributed by atoms with Crippen molar-refractivity contribution in [1.29, 1.82) is 0 Å². The number of hydrogen-bond acceptors (Lipinski definition) is 4. The van der Waals surface area contributed by atoms with Crippen LogP contribution in [0.5, 0.6) is 5.75 Å². The van der Waals surface area contributed by atoms with Crippen molar-refractivity contribution in [2.45, 2.75) is 38.3 Å². The number of benzene rings is 1. The lowest BCUT2D eigenvalue weighted by molar-refractivity contribution is 0.107. The first-order chi connectivity index (χ1) is 9.96. The monoisotopic (exact) mass is 313 g/mol. The fraction of sp³-hybridized carbons (Fsp3) is 0.625. The second-order valence-electron chi connectivity index (χ2n) is 6.04. The summed E-state index contributed by atoms with van der Waals surface area (Å²) >= 11 is 1.73. The highest BCUT2D eigenvalue weighted by Crippen LogP contribution is 2.32. The van der Waals surface area contributed by atoms with Gasteiger partial charge in [0.2, 0.25) is 0 Å². The Labute approximate surface area is 130 Å². The molecule has 2 N–H and O–H groups in total. The summed E-state index contributed by atoms with van der Waals surface area (Å²) in [5, 5.41) is 13.2. The molecule has 0 amide bonds. The highest BCUT2D eigenvalue weighted by Gasteiger charge is 2.20. The first-order valence-electron chi connectivity index (χ1n) is 7.41. The zero-order chi connectivity index (χ0) is 15.3. The molecular weight excluding hydrogens is 289 g/mol. The highest BCUT2D eigenvalue weighted by atomic mass is 32.2. The largest absolute Gasteiger partial charge is 0.493 e. The van der Waals surface area contributed by atoms with Gasteiger partial charge in [-0.1, -0.05) is 6.07 Å². The van der Waals surface area contributed by atoms with Crippen molar-refractivity contribution in [2.75, 3.05) is 24.7 Å². The van der Waals surface area contributed by atoms with Crippen LogP contribution in [0.3, 0.4) is 0 Å². The molecule has 0 bridgehead atoms. The summed E-state index contributed by atoms with van der Waals surface area (Å²) in [6, 6.07) is 4.99. The molecule has 1 aliphatic rings. The molecular formula is C16H24FNO2S. The van der Waals surface area contributed by atoms with E-state index < -0.39 is 5.60 Å². The van der Waals surface area contributed by atoms with Crippen molar-refractivity contribution in [3.8, 4) is 5.75 Å². The quantitative estimate of drug-likeness (QED) is 0.792. The second kappa shape index (κ2) is 7.47. The summed E-state index contributed by atoms with van der Waals surface area (Å²) in [5.74, 6) is 2.08. The average molecular weight is 313 g/mol. The first-order valence-corrected chi connectivity index (χ1v) is 8.57. The van der Waals surface area contributed by atoms with Gasteiger partial charge in [-0.05, 0) is 32.8 Å². The Morgan fingerprint density at radius 3 is 3.05 bits per heavy atom. The second-order valence-corrected chi connectivity index (χ2v) is 7.15. The lowest BCUT2D eigenvalue weighted by Crippen LogP contribution is -2.26. The predicted octanol–water partition coefficient (Wildman–Crippen LogP) is 3.13. The predicted molar refractivity (Wildman–Crippen MR) is 85.5 cm³/mol. The Kier molecular flexibility index (Phi) is 5.90. The fourth-order valence-corrected chi connectivity index (χ4v) is 3.29. The van der Waals surface area contributed by atoms with Crippen LogP contribution in [0.15, 0.2) is 18.2 Å². The zero-order valence-corrected chi connectivity index (χ0v) is 13.5. The summed E-state index contributed by atoms with van der Waals surface area (Å²) in [6.07, 6.45) is 1.96. The van der Waals surface area contributed by atoms with Crippen LogP contribution in [0.4, 0.5) is 4.39 Å². The molecule has 3 nitrogen and oxygen atoms in total. The molecule has 0 spiro atoms. The van der Waals surface area contributed by atoms with Crippen LogP contribution >= 0.6 is 11.8 Å². The summed E-state index contributed by atoms with van der Waals surface area (Å²) < 4.78 is 18.9. The van der Waals surface area contributed by atoms with Crippen molar-refractivity contribution in [3.05, 3.63) is 29.6 Å². The minimum Gasteiger partial charge on any atom is -0.493 e. The van der Waals surface area contributed by atoms with Crippen molar-refractivity contribution in [2.24, 2.45) is 0 Å². The summed E-state index contributed by atoms with van der Waals surface area (Å²) in [7, 11) is 0. The molecule has 0 fully saturated rings. The molecule has 2 rings (SSSR count). The van der Waals surface area contributed by atoms with Gasteiger partial charge in [0.05, 0.1) is 12.2 Å². The van der Waals surface area contributed by atoms with E-state index in [1.807, 2.05) is 19.9 Å². The molecule has 118 valence electrons. The Morgan fingerprint density at radius 2 is 2.29 bits per heavy atom. The third-order valence-corrected chi connectivity index (χ3v) is 4.74. The van der Waals surface area contributed by atoms with Crippen LogP contribution in [0.2, 0.25) is 0 Å². The number of ether oxygens (including phenoxy) is 1. The number of nitrogens with one attached hydrogen (secondary N) is 1. The van der Waals surface area contributed by atoms with Gasteiger partial charge in [0.1, 0.15) is 11.6 Å². The lowest BCUT2D eigenvalue weighted by atomic mass is 10.0. The number of rotatable bonds is 6. The molecule has 21 heavy (non-hydrogen) atoms.